The Morgan fingerprint density at radius 1 is 1.24 bits per heavy atom. The Morgan fingerprint density at radius 2 is 2.00 bits per heavy atom. The Bertz CT molecular complexity index is 818. The van der Waals surface area contributed by atoms with Crippen LogP contribution >= 0.6 is 0 Å². The van der Waals surface area contributed by atoms with Gasteiger partial charge in [-0.25, -0.2) is 9.67 Å². The monoisotopic (exact) mass is 280 g/mol. The fraction of sp³-hybridized carbons (Fsp3) is 0.188. The fourth-order valence-corrected chi connectivity index (χ4v) is 2.23. The van der Waals surface area contributed by atoms with Crippen molar-refractivity contribution in [1.29, 1.82) is 0 Å². The van der Waals surface area contributed by atoms with Crippen molar-refractivity contribution in [3.63, 3.8) is 0 Å². The lowest BCUT2D eigenvalue weighted by atomic mass is 10.2. The van der Waals surface area contributed by atoms with Gasteiger partial charge in [-0.1, -0.05) is 25.1 Å². The van der Waals surface area contributed by atoms with E-state index in [0.717, 1.165) is 23.4 Å². The molecule has 5 nitrogen and oxygen atoms in total. The summed E-state index contributed by atoms with van der Waals surface area (Å²) in [7, 11) is 0. The number of nitrogens with one attached hydrogen (secondary N) is 1. The van der Waals surface area contributed by atoms with Crippen LogP contribution in [0.25, 0.3) is 17.1 Å². The van der Waals surface area contributed by atoms with Gasteiger partial charge in [0.25, 0.3) is 5.56 Å². The molecule has 0 saturated heterocycles. The minimum absolute atomic E-state index is 0.0932. The predicted molar refractivity (Wildman–Crippen MR) is 81.5 cm³/mol. The molecule has 0 spiro atoms. The number of aromatic nitrogens is 4. The first-order valence-electron chi connectivity index (χ1n) is 6.89. The third kappa shape index (κ3) is 2.50. The topological polar surface area (TPSA) is 63.6 Å². The van der Waals surface area contributed by atoms with Crippen molar-refractivity contribution in [2.45, 2.75) is 20.3 Å². The maximum absolute atomic E-state index is 11.9. The van der Waals surface area contributed by atoms with Crippen LogP contribution in [0.3, 0.4) is 0 Å². The van der Waals surface area contributed by atoms with Crippen molar-refractivity contribution in [2.24, 2.45) is 0 Å². The minimum atomic E-state index is -0.0932. The fourth-order valence-electron chi connectivity index (χ4n) is 2.23. The molecule has 0 radical (unpaired) electrons. The molecular formula is C16H16N4O. The third-order valence-corrected chi connectivity index (χ3v) is 3.46. The van der Waals surface area contributed by atoms with Crippen molar-refractivity contribution >= 4 is 0 Å². The van der Waals surface area contributed by atoms with E-state index in [0.29, 0.717) is 11.4 Å². The molecule has 0 unspecified atom stereocenters. The molecule has 0 bridgehead atoms. The van der Waals surface area contributed by atoms with Gasteiger partial charge < -0.3 is 4.98 Å². The Morgan fingerprint density at radius 3 is 2.71 bits per heavy atom. The molecule has 3 aromatic rings. The molecule has 21 heavy (non-hydrogen) atoms. The Balaban J connectivity index is 2.05. The van der Waals surface area contributed by atoms with Crippen LogP contribution < -0.4 is 5.56 Å². The van der Waals surface area contributed by atoms with Crippen LogP contribution in [-0.4, -0.2) is 19.7 Å². The van der Waals surface area contributed by atoms with E-state index in [2.05, 4.69) is 15.1 Å². The first-order valence-corrected chi connectivity index (χ1v) is 6.89. The van der Waals surface area contributed by atoms with Crippen LogP contribution in [0.4, 0.5) is 0 Å². The van der Waals surface area contributed by atoms with Crippen LogP contribution in [0.1, 0.15) is 18.2 Å². The Hall–Kier alpha value is -2.69. The number of para-hydroxylation sites is 1. The second-order valence-electron chi connectivity index (χ2n) is 4.85. The zero-order valence-corrected chi connectivity index (χ0v) is 12.0. The molecule has 0 fully saturated rings. The van der Waals surface area contributed by atoms with Crippen LogP contribution in [0.15, 0.2) is 47.5 Å². The summed E-state index contributed by atoms with van der Waals surface area (Å²) in [6, 6.07) is 9.81. The van der Waals surface area contributed by atoms with Crippen LogP contribution in [0.5, 0.6) is 0 Å². The lowest BCUT2D eigenvalue weighted by molar-refractivity contribution is 0.880. The smallest absolute Gasteiger partial charge is 0.254 e. The highest BCUT2D eigenvalue weighted by Crippen LogP contribution is 2.16. The van der Waals surface area contributed by atoms with Gasteiger partial charge in [0.1, 0.15) is 5.82 Å². The maximum Gasteiger partial charge on any atom is 0.254 e. The minimum Gasteiger partial charge on any atom is -0.306 e. The molecule has 0 aliphatic carbocycles. The van der Waals surface area contributed by atoms with E-state index in [4.69, 9.17) is 0 Å². The van der Waals surface area contributed by atoms with Gasteiger partial charge in [0.2, 0.25) is 0 Å². The Labute approximate surface area is 122 Å². The molecular weight excluding hydrogens is 264 g/mol. The Kier molecular flexibility index (Phi) is 3.39. The first kappa shape index (κ1) is 13.3. The van der Waals surface area contributed by atoms with Crippen molar-refractivity contribution in [1.82, 2.24) is 19.7 Å². The summed E-state index contributed by atoms with van der Waals surface area (Å²) in [6.45, 7) is 3.79. The molecule has 3 rings (SSSR count). The molecule has 0 aliphatic heterocycles. The van der Waals surface area contributed by atoms with Gasteiger partial charge in [0, 0.05) is 11.8 Å². The van der Waals surface area contributed by atoms with Gasteiger partial charge in [-0.3, -0.25) is 4.79 Å². The summed E-state index contributed by atoms with van der Waals surface area (Å²) in [5.74, 6) is 0.560. The molecule has 0 saturated carbocycles. The van der Waals surface area contributed by atoms with Crippen LogP contribution in [-0.2, 0) is 6.42 Å². The van der Waals surface area contributed by atoms with Crippen molar-refractivity contribution < 1.29 is 0 Å². The molecule has 0 atom stereocenters. The van der Waals surface area contributed by atoms with Gasteiger partial charge in [-0.2, -0.15) is 5.10 Å². The van der Waals surface area contributed by atoms with E-state index in [1.54, 1.807) is 17.8 Å². The normalized spacial score (nSPS) is 10.8. The summed E-state index contributed by atoms with van der Waals surface area (Å²) in [6.07, 6.45) is 4.30. The van der Waals surface area contributed by atoms with Gasteiger partial charge in [0.15, 0.2) is 0 Å². The molecule has 106 valence electrons. The quantitative estimate of drug-likeness (QED) is 0.801. The number of rotatable bonds is 3. The van der Waals surface area contributed by atoms with Crippen molar-refractivity contribution in [3.8, 4) is 17.1 Å². The van der Waals surface area contributed by atoms with Crippen LogP contribution in [0, 0.1) is 6.92 Å². The standard InChI is InChI=1S/C16H16N4O/c1-3-14-11(2)16(21)19-15(18-14)12-9-17-20(10-12)13-7-5-4-6-8-13/h4-10H,3H2,1-2H3,(H,18,19,21). The van der Waals surface area contributed by atoms with E-state index in [-0.39, 0.29) is 5.56 Å². The lowest BCUT2D eigenvalue weighted by Gasteiger charge is -2.04. The van der Waals surface area contributed by atoms with Crippen molar-refractivity contribution in [3.05, 3.63) is 64.3 Å². The number of hydrogen-bond acceptors (Lipinski definition) is 3. The first-order chi connectivity index (χ1) is 10.2. The largest absolute Gasteiger partial charge is 0.306 e. The zero-order valence-electron chi connectivity index (χ0n) is 12.0. The summed E-state index contributed by atoms with van der Waals surface area (Å²) >= 11 is 0. The van der Waals surface area contributed by atoms with E-state index in [9.17, 15) is 4.79 Å². The predicted octanol–water partition coefficient (Wildman–Crippen LogP) is 2.49. The highest BCUT2D eigenvalue weighted by Gasteiger charge is 2.10. The maximum atomic E-state index is 11.9. The second kappa shape index (κ2) is 5.36. The summed E-state index contributed by atoms with van der Waals surface area (Å²) < 4.78 is 1.76. The molecule has 1 N–H and O–H groups in total. The number of H-pyrrole nitrogens is 1. The molecule has 2 aromatic heterocycles. The van der Waals surface area contributed by atoms with E-state index < -0.39 is 0 Å². The van der Waals surface area contributed by atoms with E-state index in [1.807, 2.05) is 43.5 Å². The molecule has 0 aliphatic rings. The highest BCUT2D eigenvalue weighted by molar-refractivity contribution is 5.53. The van der Waals surface area contributed by atoms with Gasteiger partial charge >= 0.3 is 0 Å². The average molecular weight is 280 g/mol. The van der Waals surface area contributed by atoms with E-state index >= 15 is 0 Å². The third-order valence-electron chi connectivity index (χ3n) is 3.46. The number of aromatic amines is 1. The molecule has 2 heterocycles. The molecule has 1 aromatic carbocycles. The zero-order chi connectivity index (χ0) is 14.8. The van der Waals surface area contributed by atoms with Gasteiger partial charge in [-0.05, 0) is 25.5 Å². The molecule has 5 heteroatoms. The number of nitrogens with zero attached hydrogens (tertiary/aromatic N) is 3. The highest BCUT2D eigenvalue weighted by atomic mass is 16.1. The summed E-state index contributed by atoms with van der Waals surface area (Å²) in [4.78, 5) is 19.3. The molecule has 0 amide bonds. The number of aryl methyl sites for hydroxylation is 1. The second-order valence-corrected chi connectivity index (χ2v) is 4.85. The van der Waals surface area contributed by atoms with Gasteiger partial charge in [0.05, 0.1) is 23.1 Å². The lowest BCUT2D eigenvalue weighted by Crippen LogP contribution is -2.15. The van der Waals surface area contributed by atoms with E-state index in [1.165, 1.54) is 0 Å². The van der Waals surface area contributed by atoms with Crippen LogP contribution in [0.2, 0.25) is 0 Å². The summed E-state index contributed by atoms with van der Waals surface area (Å²) in [5, 5.41) is 4.33. The number of benzene rings is 1. The number of hydrogen-bond donors (Lipinski definition) is 1. The van der Waals surface area contributed by atoms with Gasteiger partial charge in [-0.15, -0.1) is 0 Å². The average Bonchev–Trinajstić information content (AvgIpc) is 3.00. The van der Waals surface area contributed by atoms with Crippen molar-refractivity contribution in [2.75, 3.05) is 0 Å². The SMILES string of the molecule is CCc1nc(-c2cnn(-c3ccccc3)c2)[nH]c(=O)c1C. The summed E-state index contributed by atoms with van der Waals surface area (Å²) in [5.41, 5.74) is 3.17.